The van der Waals surface area contributed by atoms with Crippen molar-refractivity contribution in [1.82, 2.24) is 9.21 Å². The highest BCUT2D eigenvalue weighted by Gasteiger charge is 2.40. The molecule has 0 aromatic heterocycles. The molecular weight excluding hydrogens is 416 g/mol. The Morgan fingerprint density at radius 2 is 1.87 bits per heavy atom. The Morgan fingerprint density at radius 3 is 2.61 bits per heavy atom. The van der Waals surface area contributed by atoms with E-state index in [0.717, 1.165) is 19.5 Å². The molecule has 0 unspecified atom stereocenters. The van der Waals surface area contributed by atoms with Crippen molar-refractivity contribution in [2.24, 2.45) is 5.92 Å². The zero-order valence-corrected chi connectivity index (χ0v) is 18.9. The number of nitrogens with zero attached hydrogens (tertiary/aromatic N) is 2. The molecule has 2 aliphatic heterocycles. The molecule has 168 valence electrons. The van der Waals surface area contributed by atoms with Crippen molar-refractivity contribution in [3.8, 4) is 11.5 Å². The number of fused-ring (bicyclic) bond motifs is 1. The molecule has 0 N–H and O–H groups in total. The minimum absolute atomic E-state index is 0.117. The van der Waals surface area contributed by atoms with Crippen molar-refractivity contribution in [3.63, 3.8) is 0 Å². The second kappa shape index (κ2) is 9.56. The maximum Gasteiger partial charge on any atom is 0.246 e. The summed E-state index contributed by atoms with van der Waals surface area (Å²) >= 11 is 0. The van der Waals surface area contributed by atoms with Crippen molar-refractivity contribution >= 4 is 10.0 Å². The van der Waals surface area contributed by atoms with Gasteiger partial charge < -0.3 is 14.2 Å². The van der Waals surface area contributed by atoms with Crippen LogP contribution >= 0.6 is 0 Å². The average molecular weight is 447 g/mol. The van der Waals surface area contributed by atoms with E-state index in [1.165, 1.54) is 25.8 Å². The second-order valence-corrected chi connectivity index (χ2v) is 9.93. The van der Waals surface area contributed by atoms with Crippen molar-refractivity contribution in [1.29, 1.82) is 0 Å². The first-order valence-electron chi connectivity index (χ1n) is 10.6. The quantitative estimate of drug-likeness (QED) is 0.680. The van der Waals surface area contributed by atoms with Crippen molar-refractivity contribution in [3.05, 3.63) is 54.1 Å². The van der Waals surface area contributed by atoms with Crippen LogP contribution in [0.25, 0.3) is 0 Å². The second-order valence-electron chi connectivity index (χ2n) is 8.03. The Hall–Kier alpha value is -2.13. The monoisotopic (exact) mass is 446 g/mol. The molecule has 7 nitrogen and oxygen atoms in total. The van der Waals surface area contributed by atoms with Crippen LogP contribution in [0.4, 0.5) is 0 Å². The number of rotatable bonds is 6. The molecule has 2 aromatic rings. The number of methoxy groups -OCH3 is 2. The number of benzene rings is 2. The van der Waals surface area contributed by atoms with Gasteiger partial charge >= 0.3 is 0 Å². The van der Waals surface area contributed by atoms with Crippen LogP contribution in [-0.2, 0) is 21.3 Å². The van der Waals surface area contributed by atoms with Gasteiger partial charge in [0.25, 0.3) is 0 Å². The third-order valence-electron chi connectivity index (χ3n) is 6.20. The maximum atomic E-state index is 13.5. The topological polar surface area (TPSA) is 68.3 Å². The molecule has 0 spiro atoms. The van der Waals surface area contributed by atoms with Gasteiger partial charge in [0.1, 0.15) is 16.4 Å². The molecule has 8 heteroatoms. The Bertz CT molecular complexity index is 983. The van der Waals surface area contributed by atoms with E-state index in [-0.39, 0.29) is 10.8 Å². The van der Waals surface area contributed by atoms with E-state index in [0.29, 0.717) is 43.8 Å². The fourth-order valence-electron chi connectivity index (χ4n) is 4.57. The molecule has 0 radical (unpaired) electrons. The highest BCUT2D eigenvalue weighted by atomic mass is 32.2. The zero-order chi connectivity index (χ0) is 21.8. The summed E-state index contributed by atoms with van der Waals surface area (Å²) in [5, 5.41) is 0. The first kappa shape index (κ1) is 22.1. The molecule has 31 heavy (non-hydrogen) atoms. The average Bonchev–Trinajstić information content (AvgIpc) is 3.01. The minimum Gasteiger partial charge on any atom is -0.497 e. The Balaban J connectivity index is 1.55. The van der Waals surface area contributed by atoms with Gasteiger partial charge in [-0.25, -0.2) is 8.42 Å². The van der Waals surface area contributed by atoms with Gasteiger partial charge in [-0.15, -0.1) is 0 Å². The molecular formula is C23H30N2O5S. The van der Waals surface area contributed by atoms with E-state index < -0.39 is 10.0 Å². The number of hydrogen-bond donors (Lipinski definition) is 0. The number of hydrogen-bond acceptors (Lipinski definition) is 6. The number of sulfonamides is 1. The van der Waals surface area contributed by atoms with Crippen LogP contribution in [-0.4, -0.2) is 70.7 Å². The highest BCUT2D eigenvalue weighted by molar-refractivity contribution is 7.89. The summed E-state index contributed by atoms with van der Waals surface area (Å²) in [5.74, 6) is 0.929. The van der Waals surface area contributed by atoms with E-state index in [4.69, 9.17) is 14.2 Å². The lowest BCUT2D eigenvalue weighted by molar-refractivity contribution is 0.0761. The molecule has 2 atom stereocenters. The molecule has 0 aliphatic carbocycles. The fraction of sp³-hybridized carbons (Fsp3) is 0.478. The van der Waals surface area contributed by atoms with Crippen molar-refractivity contribution < 1.29 is 22.6 Å². The maximum absolute atomic E-state index is 13.5. The summed E-state index contributed by atoms with van der Waals surface area (Å²) in [6, 6.07) is 15.6. The van der Waals surface area contributed by atoms with Crippen LogP contribution in [0.1, 0.15) is 12.0 Å². The largest absolute Gasteiger partial charge is 0.497 e. The van der Waals surface area contributed by atoms with Crippen molar-refractivity contribution in [2.75, 3.05) is 47.1 Å². The summed E-state index contributed by atoms with van der Waals surface area (Å²) in [7, 11) is -0.720. The number of ether oxygens (including phenoxy) is 3. The molecule has 2 heterocycles. The lowest BCUT2D eigenvalue weighted by Gasteiger charge is -2.41. The highest BCUT2D eigenvalue weighted by Crippen LogP contribution is 2.34. The Labute approximate surface area is 184 Å². The van der Waals surface area contributed by atoms with Gasteiger partial charge in [0.2, 0.25) is 10.0 Å². The summed E-state index contributed by atoms with van der Waals surface area (Å²) in [4.78, 5) is 2.59. The molecule has 4 rings (SSSR count). The number of piperidine rings is 1. The predicted octanol–water partition coefficient (Wildman–Crippen LogP) is 2.62. The van der Waals surface area contributed by atoms with E-state index in [1.54, 1.807) is 16.4 Å². The molecule has 2 aromatic carbocycles. The lowest BCUT2D eigenvalue weighted by Crippen LogP contribution is -2.52. The van der Waals surface area contributed by atoms with Crippen LogP contribution in [0.15, 0.2) is 53.4 Å². The smallest absolute Gasteiger partial charge is 0.246 e. The molecule has 0 saturated carbocycles. The van der Waals surface area contributed by atoms with Gasteiger partial charge in [-0.3, -0.25) is 4.90 Å². The van der Waals surface area contributed by atoms with Crippen LogP contribution in [0.5, 0.6) is 11.5 Å². The van der Waals surface area contributed by atoms with Gasteiger partial charge in [0, 0.05) is 44.2 Å². The van der Waals surface area contributed by atoms with Gasteiger partial charge in [0.15, 0.2) is 0 Å². The Kier molecular flexibility index (Phi) is 6.81. The minimum atomic E-state index is -3.72. The van der Waals surface area contributed by atoms with Crippen LogP contribution < -0.4 is 9.47 Å². The summed E-state index contributed by atoms with van der Waals surface area (Å²) in [6.45, 7) is 3.83. The van der Waals surface area contributed by atoms with E-state index in [2.05, 4.69) is 29.2 Å². The fourth-order valence-corrected chi connectivity index (χ4v) is 6.25. The van der Waals surface area contributed by atoms with Crippen LogP contribution in [0.3, 0.4) is 0 Å². The molecule has 0 amide bonds. The van der Waals surface area contributed by atoms with Gasteiger partial charge in [-0.1, -0.05) is 30.3 Å². The summed E-state index contributed by atoms with van der Waals surface area (Å²) in [6.07, 6.45) is 0.770. The van der Waals surface area contributed by atoms with Crippen LogP contribution in [0, 0.1) is 5.92 Å². The summed E-state index contributed by atoms with van der Waals surface area (Å²) < 4.78 is 45.0. The van der Waals surface area contributed by atoms with Gasteiger partial charge in [0.05, 0.1) is 27.4 Å². The molecule has 2 saturated heterocycles. The van der Waals surface area contributed by atoms with E-state index >= 15 is 0 Å². The van der Waals surface area contributed by atoms with Gasteiger partial charge in [-0.05, 0) is 24.1 Å². The normalized spacial score (nSPS) is 23.0. The first-order valence-corrected chi connectivity index (χ1v) is 12.0. The molecule has 2 aliphatic rings. The lowest BCUT2D eigenvalue weighted by atomic mass is 9.92. The third-order valence-corrected chi connectivity index (χ3v) is 8.08. The van der Waals surface area contributed by atoms with E-state index in [9.17, 15) is 8.42 Å². The Morgan fingerprint density at radius 1 is 1.06 bits per heavy atom. The van der Waals surface area contributed by atoms with Gasteiger partial charge in [-0.2, -0.15) is 4.31 Å². The summed E-state index contributed by atoms with van der Waals surface area (Å²) in [5.41, 5.74) is 1.26. The zero-order valence-electron chi connectivity index (χ0n) is 18.1. The molecule has 2 fully saturated rings. The van der Waals surface area contributed by atoms with E-state index in [1.807, 2.05) is 6.07 Å². The standard InChI is InChI=1S/C23H30N2O5S/c1-28-20-8-9-22(29-2)23(14-20)31(26,27)25-11-10-21-19(16-25)17-30-13-12-24(21)15-18-6-4-3-5-7-18/h3-9,14,19,21H,10-13,15-17H2,1-2H3/t19-,21-/m1/s1. The van der Waals surface area contributed by atoms with Crippen molar-refractivity contribution in [2.45, 2.75) is 23.9 Å². The SMILES string of the molecule is COc1ccc(OC)c(S(=O)(=O)N2CC[C@@H]3[C@@H](COCCN3Cc3ccccc3)C2)c1. The first-order chi connectivity index (χ1) is 15.0. The molecule has 0 bridgehead atoms. The van der Waals surface area contributed by atoms with Crippen LogP contribution in [0.2, 0.25) is 0 Å². The third kappa shape index (κ3) is 4.72. The predicted molar refractivity (Wildman–Crippen MR) is 118 cm³/mol.